The number of carbonyl (C=O) groups is 2. The van der Waals surface area contributed by atoms with Crippen LogP contribution in [0.15, 0.2) is 35.1 Å². The van der Waals surface area contributed by atoms with Gasteiger partial charge >= 0.3 is 0 Å². The van der Waals surface area contributed by atoms with E-state index >= 15 is 0 Å². The average molecular weight is 495 g/mol. The van der Waals surface area contributed by atoms with Crippen LogP contribution in [0.25, 0.3) is 5.76 Å². The van der Waals surface area contributed by atoms with Crippen LogP contribution >= 0.6 is 0 Å². The summed E-state index contributed by atoms with van der Waals surface area (Å²) in [6, 6.07) is 2.01. The van der Waals surface area contributed by atoms with Gasteiger partial charge in [0, 0.05) is 37.2 Å². The fourth-order valence-corrected chi connectivity index (χ4v) is 7.01. The molecule has 0 radical (unpaired) electrons. The second kappa shape index (κ2) is 8.78. The topological polar surface area (TPSA) is 144 Å². The van der Waals surface area contributed by atoms with Gasteiger partial charge in [0.1, 0.15) is 22.9 Å². The number of primary amides is 1. The number of nitrogens with zero attached hydrogens (tertiary/aromatic N) is 1. The molecule has 8 nitrogen and oxygen atoms in total. The third-order valence-electron chi connectivity index (χ3n) is 8.56. The highest BCUT2D eigenvalue weighted by molar-refractivity contribution is 6.08. The minimum atomic E-state index is -1.96. The van der Waals surface area contributed by atoms with Gasteiger partial charge < -0.3 is 26.2 Å². The first-order chi connectivity index (χ1) is 17.1. The van der Waals surface area contributed by atoms with Crippen LogP contribution in [0.2, 0.25) is 0 Å². The fraction of sp³-hybridized carbons (Fsp3) is 0.500. The molecule has 36 heavy (non-hydrogen) atoms. The van der Waals surface area contributed by atoms with Crippen LogP contribution in [0.5, 0.6) is 5.75 Å². The Kier molecular flexibility index (Phi) is 6.00. The van der Waals surface area contributed by atoms with E-state index in [0.29, 0.717) is 36.9 Å². The molecule has 0 aromatic heterocycles. The molecule has 8 heteroatoms. The number of benzene rings is 1. The number of aryl methyl sites for hydroxylation is 1. The van der Waals surface area contributed by atoms with Crippen molar-refractivity contribution in [3.8, 4) is 5.75 Å². The van der Waals surface area contributed by atoms with Gasteiger partial charge in [-0.2, -0.15) is 0 Å². The number of hydrogen-bond acceptors (Lipinski definition) is 7. The van der Waals surface area contributed by atoms with Gasteiger partial charge in [-0.15, -0.1) is 0 Å². The summed E-state index contributed by atoms with van der Waals surface area (Å²) in [6.45, 7) is 5.55. The second-order valence-corrected chi connectivity index (χ2v) is 10.8. The van der Waals surface area contributed by atoms with E-state index in [1.807, 2.05) is 13.0 Å². The fourth-order valence-electron chi connectivity index (χ4n) is 7.01. The van der Waals surface area contributed by atoms with Crippen LogP contribution in [0.3, 0.4) is 0 Å². The Morgan fingerprint density at radius 3 is 2.58 bits per heavy atom. The predicted octanol–water partition coefficient (Wildman–Crippen LogP) is 2.82. The van der Waals surface area contributed by atoms with E-state index in [9.17, 15) is 30.0 Å². The first-order valence-electron chi connectivity index (χ1n) is 12.7. The van der Waals surface area contributed by atoms with Crippen molar-refractivity contribution in [2.75, 3.05) is 13.1 Å². The van der Waals surface area contributed by atoms with E-state index in [0.717, 1.165) is 30.6 Å². The Morgan fingerprint density at radius 2 is 1.94 bits per heavy atom. The van der Waals surface area contributed by atoms with Crippen molar-refractivity contribution in [3.63, 3.8) is 0 Å². The molecule has 1 aliphatic heterocycles. The molecule has 0 saturated heterocycles. The number of rotatable bonds is 4. The number of aliphatic hydroxyl groups excluding tert-OH is 2. The average Bonchev–Trinajstić information content (AvgIpc) is 2.80. The summed E-state index contributed by atoms with van der Waals surface area (Å²) in [5, 5.41) is 44.6. The number of carbonyl (C=O) groups excluding carboxylic acids is 2. The molecule has 1 fully saturated rings. The molecule has 4 aliphatic rings. The highest BCUT2D eigenvalue weighted by Gasteiger charge is 2.56. The number of aromatic hydroxyl groups is 1. The van der Waals surface area contributed by atoms with Crippen molar-refractivity contribution in [2.24, 2.45) is 23.5 Å². The summed E-state index contributed by atoms with van der Waals surface area (Å²) in [5.41, 5.74) is 6.20. The summed E-state index contributed by atoms with van der Waals surface area (Å²) in [6.07, 6.45) is 6.89. The zero-order valence-corrected chi connectivity index (χ0v) is 20.8. The van der Waals surface area contributed by atoms with Gasteiger partial charge in [-0.05, 0) is 55.6 Å². The minimum Gasteiger partial charge on any atom is -0.512 e. The van der Waals surface area contributed by atoms with Crippen LogP contribution < -0.4 is 5.73 Å². The molecular weight excluding hydrogens is 460 g/mol. The molecule has 1 heterocycles. The van der Waals surface area contributed by atoms with Crippen LogP contribution in [-0.4, -0.2) is 55.7 Å². The summed E-state index contributed by atoms with van der Waals surface area (Å²) in [5.74, 6) is -3.70. The minimum absolute atomic E-state index is 0.0131. The third-order valence-corrected chi connectivity index (χ3v) is 8.56. The lowest BCUT2D eigenvalue weighted by atomic mass is 9.57. The van der Waals surface area contributed by atoms with E-state index < -0.39 is 29.1 Å². The van der Waals surface area contributed by atoms with Gasteiger partial charge in [-0.3, -0.25) is 14.5 Å². The van der Waals surface area contributed by atoms with E-state index in [1.165, 1.54) is 6.92 Å². The van der Waals surface area contributed by atoms with Gasteiger partial charge in [0.15, 0.2) is 5.78 Å². The summed E-state index contributed by atoms with van der Waals surface area (Å²) < 4.78 is 0. The van der Waals surface area contributed by atoms with Gasteiger partial charge in [-0.25, -0.2) is 0 Å². The highest BCUT2D eigenvalue weighted by Crippen LogP contribution is 2.54. The number of phenolic OH excluding ortho intramolecular Hbond substituents is 1. The van der Waals surface area contributed by atoms with E-state index in [-0.39, 0.29) is 40.8 Å². The number of phenols is 1. The maximum absolute atomic E-state index is 13.8. The van der Waals surface area contributed by atoms with Gasteiger partial charge in [0.05, 0.1) is 17.1 Å². The van der Waals surface area contributed by atoms with Crippen molar-refractivity contribution in [1.82, 2.24) is 4.90 Å². The monoisotopic (exact) mass is 494 g/mol. The number of allylic oxidation sites excluding steroid dienone is 2. The number of nitrogens with two attached hydrogens (primary N) is 1. The summed E-state index contributed by atoms with van der Waals surface area (Å²) in [7, 11) is 0. The van der Waals surface area contributed by atoms with Crippen molar-refractivity contribution in [3.05, 3.63) is 57.4 Å². The normalized spacial score (nSPS) is 30.2. The molecule has 4 atom stereocenters. The maximum atomic E-state index is 13.8. The van der Waals surface area contributed by atoms with Gasteiger partial charge in [0.25, 0.3) is 5.91 Å². The van der Waals surface area contributed by atoms with E-state index in [1.54, 1.807) is 0 Å². The number of ketones is 1. The zero-order valence-electron chi connectivity index (χ0n) is 20.8. The molecule has 1 amide bonds. The number of hydrogen-bond donors (Lipinski definition) is 5. The Morgan fingerprint density at radius 1 is 1.19 bits per heavy atom. The highest BCUT2D eigenvalue weighted by atomic mass is 16.3. The number of Topliss-reactive ketones (excluding diaryl/α,β-unsaturated/α-hetero) is 1. The Bertz CT molecular complexity index is 1240. The quantitative estimate of drug-likeness (QED) is 0.405. The number of amides is 1. The van der Waals surface area contributed by atoms with Crippen LogP contribution in [0, 0.1) is 17.8 Å². The zero-order chi connectivity index (χ0) is 25.9. The Labute approximate surface area is 210 Å². The predicted molar refractivity (Wildman–Crippen MR) is 134 cm³/mol. The molecular formula is C28H34N2O6. The molecule has 1 saturated carbocycles. The lowest BCUT2D eigenvalue weighted by Crippen LogP contribution is -2.55. The van der Waals surface area contributed by atoms with Crippen molar-refractivity contribution in [1.29, 1.82) is 0 Å². The standard InChI is InChI=1S/C28H34N2O6/c1-3-14-9-17(13-30-7-5-4-6-8-30)24(32)21-18(14)11-15-10-16-12-19(31)23(27(29)35)28(2,36)22(16)26(34)20(15)25(21)33/h4-5,9,15-16,22,31-33,36H,3,6-8,10-13H2,1-2H3,(H2,29,35). The van der Waals surface area contributed by atoms with Gasteiger partial charge in [0.2, 0.25) is 0 Å². The van der Waals surface area contributed by atoms with E-state index in [4.69, 9.17) is 5.73 Å². The van der Waals surface area contributed by atoms with E-state index in [2.05, 4.69) is 17.1 Å². The molecule has 4 unspecified atom stereocenters. The Hall–Kier alpha value is -3.10. The maximum Gasteiger partial charge on any atom is 0.250 e. The molecule has 6 N–H and O–H groups in total. The van der Waals surface area contributed by atoms with Crippen LogP contribution in [0.1, 0.15) is 55.4 Å². The Balaban J connectivity index is 1.60. The van der Waals surface area contributed by atoms with Crippen molar-refractivity contribution < 1.29 is 30.0 Å². The van der Waals surface area contributed by atoms with Crippen LogP contribution in [-0.2, 0) is 29.0 Å². The smallest absolute Gasteiger partial charge is 0.250 e. The van der Waals surface area contributed by atoms with Crippen LogP contribution in [0.4, 0.5) is 0 Å². The first-order valence-corrected chi connectivity index (χ1v) is 12.7. The van der Waals surface area contributed by atoms with Crippen molar-refractivity contribution in [2.45, 2.75) is 58.1 Å². The molecule has 192 valence electrons. The number of fused-ring (bicyclic) bond motifs is 3. The largest absolute Gasteiger partial charge is 0.512 e. The molecule has 3 aliphatic carbocycles. The SMILES string of the molecule is CCc1cc(CN2CC=CCC2)c(O)c2c1CC1CC3CC(O)=C(C(N)=O)C(C)(O)C3C(=O)C1=C2O. The molecule has 1 aromatic carbocycles. The van der Waals surface area contributed by atoms with Gasteiger partial charge in [-0.1, -0.05) is 25.1 Å². The molecule has 1 aromatic rings. The lowest BCUT2D eigenvalue weighted by molar-refractivity contribution is -0.136. The molecule has 5 rings (SSSR count). The summed E-state index contributed by atoms with van der Waals surface area (Å²) in [4.78, 5) is 28.1. The lowest BCUT2D eigenvalue weighted by Gasteiger charge is -2.48. The third kappa shape index (κ3) is 3.66. The second-order valence-electron chi connectivity index (χ2n) is 10.8. The number of aliphatic hydroxyl groups is 3. The molecule has 0 bridgehead atoms. The molecule has 0 spiro atoms. The van der Waals surface area contributed by atoms with Crippen molar-refractivity contribution >= 4 is 17.4 Å². The summed E-state index contributed by atoms with van der Waals surface area (Å²) >= 11 is 0. The first kappa shape index (κ1) is 24.6.